The highest BCUT2D eigenvalue weighted by molar-refractivity contribution is 4.93. The van der Waals surface area contributed by atoms with Gasteiger partial charge in [-0.25, -0.2) is 0 Å². The second-order valence-corrected chi connectivity index (χ2v) is 6.00. The van der Waals surface area contributed by atoms with Crippen molar-refractivity contribution in [2.75, 3.05) is 33.4 Å². The Morgan fingerprint density at radius 3 is 2.44 bits per heavy atom. The predicted octanol–water partition coefficient (Wildman–Crippen LogP) is 2.51. The zero-order valence-corrected chi connectivity index (χ0v) is 13.0. The molecule has 3 nitrogen and oxygen atoms in total. The standard InChI is InChI=1S/C15H32N2O/c1-6-15(7-2)12-17(10-8-9-16-15)14(11-18-5)13(3)4/h13-14,16H,6-12H2,1-5H3. The van der Waals surface area contributed by atoms with E-state index in [-0.39, 0.29) is 0 Å². The molecule has 1 saturated heterocycles. The third-order valence-electron chi connectivity index (χ3n) is 4.56. The first kappa shape index (κ1) is 15.9. The lowest BCUT2D eigenvalue weighted by atomic mass is 9.91. The van der Waals surface area contributed by atoms with E-state index in [1.165, 1.54) is 25.8 Å². The summed E-state index contributed by atoms with van der Waals surface area (Å²) >= 11 is 0. The molecule has 0 amide bonds. The molecule has 0 aromatic heterocycles. The molecule has 18 heavy (non-hydrogen) atoms. The van der Waals surface area contributed by atoms with Crippen LogP contribution >= 0.6 is 0 Å². The fourth-order valence-corrected chi connectivity index (χ4v) is 3.06. The van der Waals surface area contributed by atoms with Crippen molar-refractivity contribution < 1.29 is 4.74 Å². The van der Waals surface area contributed by atoms with Crippen LogP contribution in [-0.2, 0) is 4.74 Å². The number of ether oxygens (including phenoxy) is 1. The summed E-state index contributed by atoms with van der Waals surface area (Å²) in [4.78, 5) is 2.65. The van der Waals surface area contributed by atoms with Gasteiger partial charge in [0.25, 0.3) is 0 Å². The van der Waals surface area contributed by atoms with E-state index in [1.54, 1.807) is 0 Å². The normalized spacial score (nSPS) is 23.0. The molecular weight excluding hydrogens is 224 g/mol. The fourth-order valence-electron chi connectivity index (χ4n) is 3.06. The van der Waals surface area contributed by atoms with Crippen molar-refractivity contribution in [3.8, 4) is 0 Å². The van der Waals surface area contributed by atoms with Gasteiger partial charge in [-0.15, -0.1) is 0 Å². The van der Waals surface area contributed by atoms with Crippen LogP contribution in [0.4, 0.5) is 0 Å². The first-order chi connectivity index (χ1) is 8.58. The second kappa shape index (κ2) is 7.46. The van der Waals surface area contributed by atoms with Crippen molar-refractivity contribution >= 4 is 0 Å². The molecule has 0 radical (unpaired) electrons. The third kappa shape index (κ3) is 3.94. The lowest BCUT2D eigenvalue weighted by Crippen LogP contribution is -2.54. The number of methoxy groups -OCH3 is 1. The number of rotatable bonds is 6. The number of hydrogen-bond donors (Lipinski definition) is 1. The Morgan fingerprint density at radius 2 is 1.94 bits per heavy atom. The van der Waals surface area contributed by atoms with Crippen LogP contribution in [0.25, 0.3) is 0 Å². The summed E-state index contributed by atoms with van der Waals surface area (Å²) < 4.78 is 5.43. The highest BCUT2D eigenvalue weighted by atomic mass is 16.5. The van der Waals surface area contributed by atoms with Gasteiger partial charge in [0.1, 0.15) is 0 Å². The number of hydrogen-bond acceptors (Lipinski definition) is 3. The van der Waals surface area contributed by atoms with E-state index in [1.807, 2.05) is 7.11 Å². The lowest BCUT2D eigenvalue weighted by molar-refractivity contribution is 0.0505. The molecule has 1 aliphatic heterocycles. The maximum absolute atomic E-state index is 5.43. The molecule has 0 saturated carbocycles. The number of nitrogens with zero attached hydrogens (tertiary/aromatic N) is 1. The molecule has 1 atom stereocenters. The summed E-state index contributed by atoms with van der Waals surface area (Å²) in [6.07, 6.45) is 3.66. The summed E-state index contributed by atoms with van der Waals surface area (Å²) in [7, 11) is 1.82. The summed E-state index contributed by atoms with van der Waals surface area (Å²) in [5.41, 5.74) is 0.303. The molecule has 1 rings (SSSR count). The molecule has 0 aliphatic carbocycles. The van der Waals surface area contributed by atoms with E-state index in [4.69, 9.17) is 4.74 Å². The molecule has 1 N–H and O–H groups in total. The van der Waals surface area contributed by atoms with Crippen molar-refractivity contribution in [2.45, 2.75) is 58.5 Å². The first-order valence-electron chi connectivity index (χ1n) is 7.56. The molecule has 0 aromatic carbocycles. The fraction of sp³-hybridized carbons (Fsp3) is 1.00. The Hall–Kier alpha value is -0.120. The van der Waals surface area contributed by atoms with Crippen LogP contribution in [0.5, 0.6) is 0 Å². The van der Waals surface area contributed by atoms with E-state index >= 15 is 0 Å². The van der Waals surface area contributed by atoms with Gasteiger partial charge < -0.3 is 10.1 Å². The van der Waals surface area contributed by atoms with Crippen LogP contribution in [0.3, 0.4) is 0 Å². The van der Waals surface area contributed by atoms with E-state index in [2.05, 4.69) is 37.9 Å². The molecular formula is C15H32N2O. The average Bonchev–Trinajstić information content (AvgIpc) is 2.58. The van der Waals surface area contributed by atoms with Crippen molar-refractivity contribution in [2.24, 2.45) is 5.92 Å². The average molecular weight is 256 g/mol. The van der Waals surface area contributed by atoms with Crippen LogP contribution in [0.15, 0.2) is 0 Å². The van der Waals surface area contributed by atoms with Crippen LogP contribution in [-0.4, -0.2) is 49.8 Å². The first-order valence-corrected chi connectivity index (χ1v) is 7.56. The van der Waals surface area contributed by atoms with Crippen molar-refractivity contribution in [3.63, 3.8) is 0 Å². The van der Waals surface area contributed by atoms with Gasteiger partial charge in [0.05, 0.1) is 6.61 Å². The SMILES string of the molecule is CCC1(CC)CN(C(COC)C(C)C)CCCN1. The highest BCUT2D eigenvalue weighted by Crippen LogP contribution is 2.23. The quantitative estimate of drug-likeness (QED) is 0.790. The summed E-state index contributed by atoms with van der Waals surface area (Å²) in [5.74, 6) is 0.648. The van der Waals surface area contributed by atoms with Gasteiger partial charge in [-0.05, 0) is 38.3 Å². The molecule has 1 heterocycles. The summed E-state index contributed by atoms with van der Waals surface area (Å²) in [6.45, 7) is 13.6. The molecule has 3 heteroatoms. The minimum atomic E-state index is 0.303. The molecule has 0 bridgehead atoms. The summed E-state index contributed by atoms with van der Waals surface area (Å²) in [5, 5.41) is 3.78. The van der Waals surface area contributed by atoms with Crippen LogP contribution in [0, 0.1) is 5.92 Å². The van der Waals surface area contributed by atoms with E-state index in [0.29, 0.717) is 17.5 Å². The topological polar surface area (TPSA) is 24.5 Å². The van der Waals surface area contributed by atoms with Gasteiger partial charge in [-0.3, -0.25) is 4.90 Å². The van der Waals surface area contributed by atoms with Gasteiger partial charge in [-0.1, -0.05) is 27.7 Å². The van der Waals surface area contributed by atoms with E-state index < -0.39 is 0 Å². The zero-order chi connectivity index (χ0) is 13.6. The van der Waals surface area contributed by atoms with E-state index in [0.717, 1.165) is 19.7 Å². The minimum Gasteiger partial charge on any atom is -0.383 e. The Labute approximate surface area is 113 Å². The lowest BCUT2D eigenvalue weighted by Gasteiger charge is -2.40. The largest absolute Gasteiger partial charge is 0.383 e. The van der Waals surface area contributed by atoms with Crippen LogP contribution in [0.2, 0.25) is 0 Å². The highest BCUT2D eigenvalue weighted by Gasteiger charge is 2.33. The predicted molar refractivity (Wildman–Crippen MR) is 78.0 cm³/mol. The molecule has 1 aliphatic rings. The Balaban J connectivity index is 2.78. The maximum Gasteiger partial charge on any atom is 0.0620 e. The van der Waals surface area contributed by atoms with Crippen molar-refractivity contribution in [1.82, 2.24) is 10.2 Å². The van der Waals surface area contributed by atoms with Gasteiger partial charge >= 0.3 is 0 Å². The number of nitrogens with one attached hydrogen (secondary N) is 1. The maximum atomic E-state index is 5.43. The van der Waals surface area contributed by atoms with Gasteiger partial charge in [-0.2, -0.15) is 0 Å². The van der Waals surface area contributed by atoms with Crippen LogP contribution < -0.4 is 5.32 Å². The molecule has 1 fully saturated rings. The van der Waals surface area contributed by atoms with Crippen LogP contribution in [0.1, 0.15) is 47.0 Å². The molecule has 0 spiro atoms. The second-order valence-electron chi connectivity index (χ2n) is 6.00. The Kier molecular flexibility index (Phi) is 6.61. The zero-order valence-electron chi connectivity index (χ0n) is 13.0. The summed E-state index contributed by atoms with van der Waals surface area (Å²) in [6, 6.07) is 0.548. The Morgan fingerprint density at radius 1 is 1.28 bits per heavy atom. The van der Waals surface area contributed by atoms with Gasteiger partial charge in [0, 0.05) is 25.2 Å². The molecule has 1 unspecified atom stereocenters. The third-order valence-corrected chi connectivity index (χ3v) is 4.56. The smallest absolute Gasteiger partial charge is 0.0620 e. The monoisotopic (exact) mass is 256 g/mol. The van der Waals surface area contributed by atoms with E-state index in [9.17, 15) is 0 Å². The Bertz CT molecular complexity index is 227. The van der Waals surface area contributed by atoms with Crippen molar-refractivity contribution in [3.05, 3.63) is 0 Å². The molecule has 108 valence electrons. The van der Waals surface area contributed by atoms with Gasteiger partial charge in [0.2, 0.25) is 0 Å². The molecule has 0 aromatic rings. The minimum absolute atomic E-state index is 0.303. The van der Waals surface area contributed by atoms with Gasteiger partial charge in [0.15, 0.2) is 0 Å². The van der Waals surface area contributed by atoms with Crippen molar-refractivity contribution in [1.29, 1.82) is 0 Å².